The van der Waals surface area contributed by atoms with E-state index in [9.17, 15) is 21.6 Å². The number of ether oxygens (including phenoxy) is 1. The van der Waals surface area contributed by atoms with Crippen LogP contribution in [0.15, 0.2) is 58.3 Å². The number of rotatable bonds is 5. The molecule has 8 nitrogen and oxygen atoms in total. The Morgan fingerprint density at radius 3 is 2.17 bits per heavy atom. The molecule has 24 heavy (non-hydrogen) atoms. The van der Waals surface area contributed by atoms with Gasteiger partial charge in [-0.3, -0.25) is 4.72 Å². The third kappa shape index (κ3) is 4.10. The van der Waals surface area contributed by atoms with Crippen LogP contribution in [-0.2, 0) is 24.8 Å². The van der Waals surface area contributed by atoms with Gasteiger partial charge >= 0.3 is 5.97 Å². The average Bonchev–Trinajstić information content (AvgIpc) is 2.53. The van der Waals surface area contributed by atoms with E-state index in [0.29, 0.717) is 0 Å². The predicted molar refractivity (Wildman–Crippen MR) is 86.4 cm³/mol. The van der Waals surface area contributed by atoms with Gasteiger partial charge in [0.1, 0.15) is 0 Å². The van der Waals surface area contributed by atoms with Crippen LogP contribution in [0.25, 0.3) is 0 Å². The molecule has 0 aliphatic carbocycles. The monoisotopic (exact) mass is 370 g/mol. The zero-order valence-electron chi connectivity index (χ0n) is 12.5. The second kappa shape index (κ2) is 6.59. The van der Waals surface area contributed by atoms with Gasteiger partial charge < -0.3 is 4.74 Å². The first-order valence-corrected chi connectivity index (χ1v) is 9.50. The molecule has 3 N–H and O–H groups in total. The summed E-state index contributed by atoms with van der Waals surface area (Å²) < 4.78 is 54.0. The molecule has 10 heteroatoms. The van der Waals surface area contributed by atoms with Gasteiger partial charge in [0.25, 0.3) is 10.0 Å². The maximum Gasteiger partial charge on any atom is 0.337 e. The molecule has 128 valence electrons. The Morgan fingerprint density at radius 2 is 1.62 bits per heavy atom. The molecule has 0 saturated carbocycles. The number of esters is 1. The number of hydrogen-bond donors (Lipinski definition) is 2. The molecular formula is C14H14N2O6S2. The second-order valence-corrected chi connectivity index (χ2v) is 7.94. The number of nitrogens with two attached hydrogens (primary N) is 1. The van der Waals surface area contributed by atoms with Gasteiger partial charge in [0.05, 0.1) is 28.2 Å². The van der Waals surface area contributed by atoms with E-state index in [2.05, 4.69) is 9.46 Å². The van der Waals surface area contributed by atoms with E-state index >= 15 is 0 Å². The van der Waals surface area contributed by atoms with E-state index in [1.165, 1.54) is 49.6 Å². The second-order valence-electron chi connectivity index (χ2n) is 4.69. The number of carbonyl (C=O) groups excluding carboxylic acids is 1. The number of sulfonamides is 2. The van der Waals surface area contributed by atoms with Crippen LogP contribution in [0.4, 0.5) is 5.69 Å². The fraction of sp³-hybridized carbons (Fsp3) is 0.0714. The Bertz CT molecular complexity index is 967. The summed E-state index contributed by atoms with van der Waals surface area (Å²) in [5.41, 5.74) is 0.242. The van der Waals surface area contributed by atoms with Crippen LogP contribution in [0.2, 0.25) is 0 Å². The maximum atomic E-state index is 12.3. The first-order chi connectivity index (χ1) is 11.1. The van der Waals surface area contributed by atoms with Gasteiger partial charge in [-0.05, 0) is 42.5 Å². The molecule has 0 amide bonds. The summed E-state index contributed by atoms with van der Waals surface area (Å²) in [6, 6.07) is 10.2. The van der Waals surface area contributed by atoms with Crippen molar-refractivity contribution < 1.29 is 26.4 Å². The van der Waals surface area contributed by atoms with Crippen molar-refractivity contribution >= 4 is 31.7 Å². The van der Waals surface area contributed by atoms with E-state index in [0.717, 1.165) is 6.07 Å². The zero-order valence-corrected chi connectivity index (χ0v) is 14.1. The van der Waals surface area contributed by atoms with Gasteiger partial charge in [-0.1, -0.05) is 6.07 Å². The van der Waals surface area contributed by atoms with Crippen molar-refractivity contribution in [1.29, 1.82) is 0 Å². The number of anilines is 1. The quantitative estimate of drug-likeness (QED) is 0.752. The van der Waals surface area contributed by atoms with Gasteiger partial charge in [-0.2, -0.15) is 0 Å². The fourth-order valence-electron chi connectivity index (χ4n) is 1.84. The topological polar surface area (TPSA) is 133 Å². The van der Waals surface area contributed by atoms with E-state index in [1.807, 2.05) is 0 Å². The van der Waals surface area contributed by atoms with Crippen molar-refractivity contribution in [2.45, 2.75) is 9.79 Å². The number of hydrogen-bond acceptors (Lipinski definition) is 6. The van der Waals surface area contributed by atoms with Crippen molar-refractivity contribution in [3.05, 3.63) is 54.1 Å². The van der Waals surface area contributed by atoms with Gasteiger partial charge in [-0.15, -0.1) is 0 Å². The number of primary sulfonamides is 1. The SMILES string of the molecule is COC(=O)c1ccc(S(=O)(=O)Nc2cccc(S(N)(=O)=O)c2)cc1. The predicted octanol–water partition coefficient (Wildman–Crippen LogP) is 0.921. The smallest absolute Gasteiger partial charge is 0.337 e. The summed E-state index contributed by atoms with van der Waals surface area (Å²) in [5, 5.41) is 5.01. The van der Waals surface area contributed by atoms with Gasteiger partial charge in [0.2, 0.25) is 10.0 Å². The van der Waals surface area contributed by atoms with Crippen molar-refractivity contribution in [2.24, 2.45) is 5.14 Å². The van der Waals surface area contributed by atoms with Crippen molar-refractivity contribution in [2.75, 3.05) is 11.8 Å². The summed E-state index contributed by atoms with van der Waals surface area (Å²) in [6.45, 7) is 0. The van der Waals surface area contributed by atoms with Crippen molar-refractivity contribution in [1.82, 2.24) is 0 Å². The van der Waals surface area contributed by atoms with E-state index in [1.54, 1.807) is 0 Å². The highest BCUT2D eigenvalue weighted by atomic mass is 32.2. The van der Waals surface area contributed by atoms with Crippen molar-refractivity contribution in [3.63, 3.8) is 0 Å². The first-order valence-electron chi connectivity index (χ1n) is 6.47. The Kier molecular flexibility index (Phi) is 4.92. The molecule has 0 aliphatic rings. The molecule has 0 spiro atoms. The Hall–Kier alpha value is -2.43. The minimum Gasteiger partial charge on any atom is -0.465 e. The fourth-order valence-corrected chi connectivity index (χ4v) is 3.45. The summed E-state index contributed by atoms with van der Waals surface area (Å²) in [4.78, 5) is 11.0. The van der Waals surface area contributed by atoms with Crippen LogP contribution in [0, 0.1) is 0 Å². The van der Waals surface area contributed by atoms with Crippen LogP contribution >= 0.6 is 0 Å². The molecular weight excluding hydrogens is 356 g/mol. The Labute approximate surface area is 139 Å². The lowest BCUT2D eigenvalue weighted by atomic mass is 10.2. The van der Waals surface area contributed by atoms with Gasteiger partial charge in [0, 0.05) is 0 Å². The molecule has 0 bridgehead atoms. The third-order valence-electron chi connectivity index (χ3n) is 3.00. The standard InChI is InChI=1S/C14H14N2O6S2/c1-22-14(17)10-5-7-12(8-6-10)24(20,21)16-11-3-2-4-13(9-11)23(15,18)19/h2-9,16H,1H3,(H2,15,18,19). The van der Waals surface area contributed by atoms with E-state index in [-0.39, 0.29) is 21.0 Å². The number of nitrogens with one attached hydrogen (secondary N) is 1. The van der Waals surface area contributed by atoms with Gasteiger partial charge in [-0.25, -0.2) is 26.8 Å². The van der Waals surface area contributed by atoms with Crippen LogP contribution in [0.5, 0.6) is 0 Å². The summed E-state index contributed by atoms with van der Waals surface area (Å²) in [5.74, 6) is -0.590. The molecule has 0 unspecified atom stereocenters. The molecule has 0 saturated heterocycles. The normalized spacial score (nSPS) is 11.8. The van der Waals surface area contributed by atoms with Crippen molar-refractivity contribution in [3.8, 4) is 0 Å². The lowest BCUT2D eigenvalue weighted by Crippen LogP contribution is -2.15. The first kappa shape index (κ1) is 17.9. The van der Waals surface area contributed by atoms with Crippen LogP contribution in [0.3, 0.4) is 0 Å². The molecule has 0 radical (unpaired) electrons. The van der Waals surface area contributed by atoms with Crippen LogP contribution in [-0.4, -0.2) is 29.9 Å². The summed E-state index contributed by atoms with van der Waals surface area (Å²) in [6.07, 6.45) is 0. The number of carbonyl (C=O) groups is 1. The lowest BCUT2D eigenvalue weighted by molar-refractivity contribution is 0.0600. The molecule has 0 heterocycles. The highest BCUT2D eigenvalue weighted by Crippen LogP contribution is 2.19. The highest BCUT2D eigenvalue weighted by molar-refractivity contribution is 7.92. The molecule has 2 aromatic carbocycles. The number of methoxy groups -OCH3 is 1. The minimum atomic E-state index is -3.96. The molecule has 0 aromatic heterocycles. The van der Waals surface area contributed by atoms with Gasteiger partial charge in [0.15, 0.2) is 0 Å². The molecule has 0 atom stereocenters. The highest BCUT2D eigenvalue weighted by Gasteiger charge is 2.16. The number of benzene rings is 2. The Balaban J connectivity index is 2.30. The van der Waals surface area contributed by atoms with Crippen LogP contribution in [0.1, 0.15) is 10.4 Å². The van der Waals surface area contributed by atoms with E-state index < -0.39 is 26.0 Å². The molecule has 2 aromatic rings. The molecule has 0 aliphatic heterocycles. The van der Waals surface area contributed by atoms with E-state index in [4.69, 9.17) is 5.14 Å². The van der Waals surface area contributed by atoms with Crippen LogP contribution < -0.4 is 9.86 Å². The molecule has 0 fully saturated rings. The third-order valence-corrected chi connectivity index (χ3v) is 5.31. The zero-order chi connectivity index (χ0) is 18.0. The summed E-state index contributed by atoms with van der Waals surface area (Å²) >= 11 is 0. The largest absolute Gasteiger partial charge is 0.465 e. The average molecular weight is 370 g/mol. The summed E-state index contributed by atoms with van der Waals surface area (Å²) in [7, 11) is -6.70. The maximum absolute atomic E-state index is 12.3. The molecule has 2 rings (SSSR count). The minimum absolute atomic E-state index is 0.0403. The lowest BCUT2D eigenvalue weighted by Gasteiger charge is -2.09. The Morgan fingerprint density at radius 1 is 1.00 bits per heavy atom.